The van der Waals surface area contributed by atoms with Crippen LogP contribution in [0.4, 0.5) is 11.4 Å². The SMILES string of the molecule is COc1ccc(N(Cc2cccs2)C(=O)CCN2C(=O)C(C)Oc3ccccc32)cc1. The van der Waals surface area contributed by atoms with Crippen LogP contribution in [0.2, 0.25) is 0 Å². The number of rotatable bonds is 7. The number of benzene rings is 2. The number of fused-ring (bicyclic) bond motifs is 1. The van der Waals surface area contributed by atoms with Crippen molar-refractivity contribution in [1.29, 1.82) is 0 Å². The Morgan fingerprint density at radius 1 is 1.13 bits per heavy atom. The van der Waals surface area contributed by atoms with Crippen LogP contribution in [0.25, 0.3) is 0 Å². The number of ether oxygens (including phenoxy) is 2. The van der Waals surface area contributed by atoms with E-state index in [-0.39, 0.29) is 18.2 Å². The lowest BCUT2D eigenvalue weighted by molar-refractivity contribution is -0.125. The molecular formula is C24H24N2O4S. The first-order valence-corrected chi connectivity index (χ1v) is 11.0. The van der Waals surface area contributed by atoms with Crippen LogP contribution in [0, 0.1) is 0 Å². The van der Waals surface area contributed by atoms with Crippen LogP contribution >= 0.6 is 11.3 Å². The molecule has 1 unspecified atom stereocenters. The van der Waals surface area contributed by atoms with E-state index in [1.165, 1.54) is 0 Å². The summed E-state index contributed by atoms with van der Waals surface area (Å²) in [6, 6.07) is 18.8. The molecule has 0 radical (unpaired) electrons. The van der Waals surface area contributed by atoms with Crippen LogP contribution in [0.3, 0.4) is 0 Å². The fourth-order valence-corrected chi connectivity index (χ4v) is 4.27. The van der Waals surface area contributed by atoms with Crippen molar-refractivity contribution in [2.24, 2.45) is 0 Å². The van der Waals surface area contributed by atoms with Gasteiger partial charge >= 0.3 is 0 Å². The fraction of sp³-hybridized carbons (Fsp3) is 0.250. The Bertz CT molecular complexity index is 1050. The fourth-order valence-electron chi connectivity index (χ4n) is 3.58. The van der Waals surface area contributed by atoms with Crippen molar-refractivity contribution in [2.75, 3.05) is 23.5 Å². The lowest BCUT2D eigenvalue weighted by Gasteiger charge is -2.33. The molecule has 2 amide bonds. The minimum absolute atomic E-state index is 0.0528. The average Bonchev–Trinajstić information content (AvgIpc) is 3.31. The molecule has 1 aliphatic rings. The maximum absolute atomic E-state index is 13.3. The van der Waals surface area contributed by atoms with E-state index in [1.807, 2.05) is 66.0 Å². The van der Waals surface area contributed by atoms with Crippen molar-refractivity contribution in [3.05, 3.63) is 70.9 Å². The van der Waals surface area contributed by atoms with Crippen molar-refractivity contribution >= 4 is 34.5 Å². The lowest BCUT2D eigenvalue weighted by Crippen LogP contribution is -2.46. The van der Waals surface area contributed by atoms with Crippen LogP contribution in [0.1, 0.15) is 18.2 Å². The third-order valence-corrected chi connectivity index (χ3v) is 6.06. The average molecular weight is 437 g/mol. The van der Waals surface area contributed by atoms with Gasteiger partial charge in [-0.3, -0.25) is 9.59 Å². The molecule has 4 rings (SSSR count). The molecule has 0 saturated heterocycles. The monoisotopic (exact) mass is 436 g/mol. The van der Waals surface area contributed by atoms with Crippen LogP contribution in [-0.2, 0) is 16.1 Å². The van der Waals surface area contributed by atoms with Crippen molar-refractivity contribution in [3.63, 3.8) is 0 Å². The van der Waals surface area contributed by atoms with E-state index in [1.54, 1.807) is 35.2 Å². The first-order chi connectivity index (χ1) is 15.1. The molecule has 0 bridgehead atoms. The van der Waals surface area contributed by atoms with E-state index in [0.29, 0.717) is 24.5 Å². The summed E-state index contributed by atoms with van der Waals surface area (Å²) < 4.78 is 10.9. The number of anilines is 2. The second-order valence-corrected chi connectivity index (χ2v) is 8.26. The van der Waals surface area contributed by atoms with E-state index in [0.717, 1.165) is 16.3 Å². The topological polar surface area (TPSA) is 59.1 Å². The number of amides is 2. The molecule has 6 nitrogen and oxygen atoms in total. The highest BCUT2D eigenvalue weighted by Crippen LogP contribution is 2.34. The molecule has 0 spiro atoms. The second kappa shape index (κ2) is 9.22. The molecule has 3 aromatic rings. The number of thiophene rings is 1. The van der Waals surface area contributed by atoms with Gasteiger partial charge in [-0.15, -0.1) is 11.3 Å². The van der Waals surface area contributed by atoms with E-state index in [9.17, 15) is 9.59 Å². The quantitative estimate of drug-likeness (QED) is 0.547. The molecule has 2 heterocycles. The van der Waals surface area contributed by atoms with Crippen LogP contribution in [-0.4, -0.2) is 31.6 Å². The Morgan fingerprint density at radius 2 is 1.90 bits per heavy atom. The highest BCUT2D eigenvalue weighted by atomic mass is 32.1. The van der Waals surface area contributed by atoms with Gasteiger partial charge in [-0.2, -0.15) is 0 Å². The predicted molar refractivity (Wildman–Crippen MR) is 122 cm³/mol. The van der Waals surface area contributed by atoms with Gasteiger partial charge in [0.2, 0.25) is 5.91 Å². The second-order valence-electron chi connectivity index (χ2n) is 7.22. The van der Waals surface area contributed by atoms with Gasteiger partial charge in [-0.25, -0.2) is 0 Å². The number of carbonyl (C=O) groups is 2. The molecule has 160 valence electrons. The number of para-hydroxylation sites is 2. The van der Waals surface area contributed by atoms with Crippen LogP contribution < -0.4 is 19.3 Å². The summed E-state index contributed by atoms with van der Waals surface area (Å²) >= 11 is 1.61. The highest BCUT2D eigenvalue weighted by Gasteiger charge is 2.31. The maximum atomic E-state index is 13.3. The molecule has 0 N–H and O–H groups in total. The number of hydrogen-bond acceptors (Lipinski definition) is 5. The molecule has 1 atom stereocenters. The molecule has 0 fully saturated rings. The predicted octanol–water partition coefficient (Wildman–Crippen LogP) is 4.49. The van der Waals surface area contributed by atoms with Gasteiger partial charge in [0.05, 0.1) is 19.3 Å². The van der Waals surface area contributed by atoms with Gasteiger partial charge in [0, 0.05) is 23.5 Å². The smallest absolute Gasteiger partial charge is 0.267 e. The minimum atomic E-state index is -0.575. The minimum Gasteiger partial charge on any atom is -0.497 e. The Morgan fingerprint density at radius 3 is 2.61 bits per heavy atom. The molecule has 7 heteroatoms. The zero-order valence-corrected chi connectivity index (χ0v) is 18.3. The molecule has 0 saturated carbocycles. The Hall–Kier alpha value is -3.32. The van der Waals surface area contributed by atoms with E-state index in [2.05, 4.69) is 0 Å². The lowest BCUT2D eigenvalue weighted by atomic mass is 10.1. The maximum Gasteiger partial charge on any atom is 0.267 e. The third-order valence-electron chi connectivity index (χ3n) is 5.20. The summed E-state index contributed by atoms with van der Waals surface area (Å²) in [6.45, 7) is 2.50. The van der Waals surface area contributed by atoms with Crippen LogP contribution in [0.15, 0.2) is 66.0 Å². The van der Waals surface area contributed by atoms with Crippen molar-refractivity contribution in [3.8, 4) is 11.5 Å². The van der Waals surface area contributed by atoms with Crippen LogP contribution in [0.5, 0.6) is 11.5 Å². The van der Waals surface area contributed by atoms with Gasteiger partial charge in [-0.1, -0.05) is 18.2 Å². The number of carbonyl (C=O) groups excluding carboxylic acids is 2. The molecular weight excluding hydrogens is 412 g/mol. The molecule has 1 aromatic heterocycles. The summed E-state index contributed by atoms with van der Waals surface area (Å²) in [5.74, 6) is 1.20. The summed E-state index contributed by atoms with van der Waals surface area (Å²) in [7, 11) is 1.61. The summed E-state index contributed by atoms with van der Waals surface area (Å²) in [4.78, 5) is 30.5. The van der Waals surface area contributed by atoms with Crippen molar-refractivity contribution in [1.82, 2.24) is 0 Å². The summed E-state index contributed by atoms with van der Waals surface area (Å²) in [5, 5.41) is 2.00. The molecule has 2 aromatic carbocycles. The third kappa shape index (κ3) is 4.56. The number of nitrogens with zero attached hydrogens (tertiary/aromatic N) is 2. The highest BCUT2D eigenvalue weighted by molar-refractivity contribution is 7.09. The van der Waals surface area contributed by atoms with Gasteiger partial charge < -0.3 is 19.3 Å². The van der Waals surface area contributed by atoms with Gasteiger partial charge in [-0.05, 0) is 54.8 Å². The standard InChI is InChI=1S/C24H24N2O4S/c1-17-24(28)25(21-7-3-4-8-22(21)30-17)14-13-23(27)26(16-20-6-5-15-31-20)18-9-11-19(29-2)12-10-18/h3-12,15,17H,13-14,16H2,1-2H3. The molecule has 1 aliphatic heterocycles. The number of hydrogen-bond donors (Lipinski definition) is 0. The largest absolute Gasteiger partial charge is 0.497 e. The van der Waals surface area contributed by atoms with Gasteiger partial charge in [0.1, 0.15) is 11.5 Å². The first-order valence-electron chi connectivity index (χ1n) is 10.1. The summed E-state index contributed by atoms with van der Waals surface area (Å²) in [5.41, 5.74) is 1.49. The Balaban J connectivity index is 1.54. The Kier molecular flexibility index (Phi) is 6.23. The normalized spacial score (nSPS) is 15.2. The van der Waals surface area contributed by atoms with E-state index in [4.69, 9.17) is 9.47 Å². The molecule has 0 aliphatic carbocycles. The zero-order valence-electron chi connectivity index (χ0n) is 17.5. The summed E-state index contributed by atoms with van der Waals surface area (Å²) in [6.07, 6.45) is -0.377. The Labute approximate surface area is 185 Å². The van der Waals surface area contributed by atoms with Crippen molar-refractivity contribution in [2.45, 2.75) is 26.0 Å². The van der Waals surface area contributed by atoms with Crippen molar-refractivity contribution < 1.29 is 19.1 Å². The van der Waals surface area contributed by atoms with E-state index >= 15 is 0 Å². The zero-order chi connectivity index (χ0) is 21.8. The van der Waals surface area contributed by atoms with Gasteiger partial charge in [0.25, 0.3) is 5.91 Å². The van der Waals surface area contributed by atoms with Gasteiger partial charge in [0.15, 0.2) is 6.10 Å². The van der Waals surface area contributed by atoms with E-state index < -0.39 is 6.10 Å². The number of methoxy groups -OCH3 is 1. The first kappa shape index (κ1) is 20.9. The molecule has 31 heavy (non-hydrogen) atoms.